The van der Waals surface area contributed by atoms with Crippen LogP contribution in [0.2, 0.25) is 0 Å². The van der Waals surface area contributed by atoms with Crippen molar-refractivity contribution >= 4 is 23.4 Å². The second-order valence-electron chi connectivity index (χ2n) is 9.03. The lowest BCUT2D eigenvalue weighted by atomic mass is 9.93. The van der Waals surface area contributed by atoms with Gasteiger partial charge in [-0.1, -0.05) is 61.4 Å². The Balaban J connectivity index is 1.87. The van der Waals surface area contributed by atoms with Gasteiger partial charge in [-0.2, -0.15) is 0 Å². The number of allylic oxidation sites excluding steroid dienone is 1. The maximum absolute atomic E-state index is 13.8. The molecule has 2 heterocycles. The Kier molecular flexibility index (Phi) is 8.18. The van der Waals surface area contributed by atoms with Gasteiger partial charge in [0.05, 0.1) is 35.6 Å². The fourth-order valence-electron chi connectivity index (χ4n) is 4.33. The number of methoxy groups -OCH3 is 1. The van der Waals surface area contributed by atoms with Crippen LogP contribution in [0.1, 0.15) is 56.3 Å². The summed E-state index contributed by atoms with van der Waals surface area (Å²) in [5.74, 6) is 3.33. The summed E-state index contributed by atoms with van der Waals surface area (Å²) in [6.07, 6.45) is 7.07. The van der Waals surface area contributed by atoms with Gasteiger partial charge in [0.1, 0.15) is 6.61 Å². The molecule has 8 heteroatoms. The average Bonchev–Trinajstić information content (AvgIpc) is 3.21. The van der Waals surface area contributed by atoms with Crippen molar-refractivity contribution in [3.8, 4) is 23.8 Å². The van der Waals surface area contributed by atoms with Crippen LogP contribution >= 0.6 is 11.3 Å². The minimum absolute atomic E-state index is 0.120. The molecule has 1 aliphatic heterocycles. The number of benzene rings is 2. The van der Waals surface area contributed by atoms with E-state index in [1.807, 2.05) is 30.3 Å². The summed E-state index contributed by atoms with van der Waals surface area (Å²) in [5.41, 5.74) is 3.39. The van der Waals surface area contributed by atoms with Crippen LogP contribution in [0.15, 0.2) is 63.5 Å². The Labute approximate surface area is 225 Å². The van der Waals surface area contributed by atoms with Gasteiger partial charge in [0.15, 0.2) is 16.3 Å². The number of nitrogens with zero attached hydrogens (tertiary/aromatic N) is 2. The van der Waals surface area contributed by atoms with Crippen molar-refractivity contribution in [2.75, 3.05) is 20.3 Å². The number of hydrogen-bond donors (Lipinski definition) is 0. The molecule has 0 fully saturated rings. The van der Waals surface area contributed by atoms with Crippen LogP contribution in [0.5, 0.6) is 11.5 Å². The summed E-state index contributed by atoms with van der Waals surface area (Å²) in [6.45, 7) is 8.12. The van der Waals surface area contributed by atoms with E-state index in [1.54, 1.807) is 43.7 Å². The molecule has 7 nitrogen and oxygen atoms in total. The van der Waals surface area contributed by atoms with E-state index in [4.69, 9.17) is 20.6 Å². The minimum Gasteiger partial charge on any atom is -0.493 e. The zero-order chi connectivity index (χ0) is 27.4. The maximum atomic E-state index is 13.8. The molecule has 0 N–H and O–H groups in total. The van der Waals surface area contributed by atoms with Crippen molar-refractivity contribution in [3.63, 3.8) is 0 Å². The van der Waals surface area contributed by atoms with E-state index in [2.05, 4.69) is 24.8 Å². The molecule has 38 heavy (non-hydrogen) atoms. The van der Waals surface area contributed by atoms with E-state index in [-0.39, 0.29) is 18.8 Å². The molecule has 0 bridgehead atoms. The normalized spacial score (nSPS) is 15.1. The molecule has 0 aliphatic carbocycles. The van der Waals surface area contributed by atoms with Crippen molar-refractivity contribution in [2.24, 2.45) is 4.99 Å². The second-order valence-corrected chi connectivity index (χ2v) is 10.0. The lowest BCUT2D eigenvalue weighted by molar-refractivity contribution is -0.139. The first-order valence-electron chi connectivity index (χ1n) is 12.3. The molecule has 2 aromatic carbocycles. The van der Waals surface area contributed by atoms with Crippen LogP contribution < -0.4 is 24.4 Å². The van der Waals surface area contributed by atoms with Crippen LogP contribution in [0.4, 0.5) is 0 Å². The van der Waals surface area contributed by atoms with Gasteiger partial charge in [-0.25, -0.2) is 9.79 Å². The Hall–Kier alpha value is -4.09. The van der Waals surface area contributed by atoms with Gasteiger partial charge >= 0.3 is 5.97 Å². The number of rotatable bonds is 8. The van der Waals surface area contributed by atoms with Crippen molar-refractivity contribution in [2.45, 2.75) is 39.7 Å². The molecule has 1 aromatic heterocycles. The molecular formula is C30H30N2O5S. The number of carbonyl (C=O) groups is 1. The number of thiazole rings is 1. The van der Waals surface area contributed by atoms with E-state index in [9.17, 15) is 9.59 Å². The number of fused-ring (bicyclic) bond motifs is 1. The quantitative estimate of drug-likeness (QED) is 0.326. The van der Waals surface area contributed by atoms with Crippen molar-refractivity contribution in [3.05, 3.63) is 90.1 Å². The minimum atomic E-state index is -0.650. The van der Waals surface area contributed by atoms with Gasteiger partial charge in [-0.15, -0.1) is 6.42 Å². The SMILES string of the molecule is C#CCOc1ccc(C=c2sc3n(c2=O)[C@@H](c2ccc(C(C)C)cc2)C(C(=O)OCC)=C(C)N=3)cc1OC. The third-order valence-electron chi connectivity index (χ3n) is 6.23. The van der Waals surface area contributed by atoms with Gasteiger partial charge in [-0.3, -0.25) is 9.36 Å². The zero-order valence-electron chi connectivity index (χ0n) is 22.1. The van der Waals surface area contributed by atoms with Gasteiger partial charge in [0.2, 0.25) is 0 Å². The highest BCUT2D eigenvalue weighted by molar-refractivity contribution is 7.07. The molecule has 196 valence electrons. The van der Waals surface area contributed by atoms with Crippen LogP contribution in [-0.4, -0.2) is 30.9 Å². The molecule has 0 saturated heterocycles. The zero-order valence-corrected chi connectivity index (χ0v) is 22.9. The summed E-state index contributed by atoms with van der Waals surface area (Å²) in [7, 11) is 1.54. The van der Waals surface area contributed by atoms with E-state index >= 15 is 0 Å². The number of hydrogen-bond acceptors (Lipinski definition) is 7. The predicted octanol–water partition coefficient (Wildman–Crippen LogP) is 3.94. The van der Waals surface area contributed by atoms with Gasteiger partial charge in [0.25, 0.3) is 5.56 Å². The van der Waals surface area contributed by atoms with Crippen molar-refractivity contribution in [1.82, 2.24) is 4.57 Å². The van der Waals surface area contributed by atoms with E-state index in [0.29, 0.717) is 38.0 Å². The first kappa shape index (κ1) is 27.0. The smallest absolute Gasteiger partial charge is 0.338 e. The first-order valence-corrected chi connectivity index (χ1v) is 13.1. The third-order valence-corrected chi connectivity index (χ3v) is 7.22. The lowest BCUT2D eigenvalue weighted by Crippen LogP contribution is -2.39. The Bertz CT molecular complexity index is 1600. The largest absolute Gasteiger partial charge is 0.493 e. The van der Waals surface area contributed by atoms with Crippen LogP contribution in [-0.2, 0) is 9.53 Å². The van der Waals surface area contributed by atoms with Gasteiger partial charge in [0, 0.05) is 0 Å². The topological polar surface area (TPSA) is 79.1 Å². The second kappa shape index (κ2) is 11.5. The van der Waals surface area contributed by atoms with Crippen molar-refractivity contribution < 1.29 is 19.0 Å². The summed E-state index contributed by atoms with van der Waals surface area (Å²) < 4.78 is 18.4. The molecule has 1 aliphatic rings. The molecule has 0 spiro atoms. The first-order chi connectivity index (χ1) is 18.3. The molecule has 0 unspecified atom stereocenters. The monoisotopic (exact) mass is 530 g/mol. The molecule has 0 saturated carbocycles. The van der Waals surface area contributed by atoms with E-state index < -0.39 is 12.0 Å². The summed E-state index contributed by atoms with van der Waals surface area (Å²) >= 11 is 1.27. The van der Waals surface area contributed by atoms with Gasteiger partial charge < -0.3 is 14.2 Å². The average molecular weight is 531 g/mol. The van der Waals surface area contributed by atoms with Crippen LogP contribution in [0.25, 0.3) is 6.08 Å². The fourth-order valence-corrected chi connectivity index (χ4v) is 5.38. The number of aromatic nitrogens is 1. The Morgan fingerprint density at radius 2 is 1.95 bits per heavy atom. The number of terminal acetylenes is 1. The predicted molar refractivity (Wildman–Crippen MR) is 148 cm³/mol. The number of esters is 1. The number of ether oxygens (including phenoxy) is 3. The summed E-state index contributed by atoms with van der Waals surface area (Å²) in [5, 5.41) is 0. The molecule has 1 atom stereocenters. The van der Waals surface area contributed by atoms with E-state index in [0.717, 1.165) is 11.1 Å². The molecule has 0 radical (unpaired) electrons. The summed E-state index contributed by atoms with van der Waals surface area (Å²) in [6, 6.07) is 12.7. The third kappa shape index (κ3) is 5.29. The van der Waals surface area contributed by atoms with Crippen LogP contribution in [0.3, 0.4) is 0 Å². The molecule has 0 amide bonds. The molecule has 4 rings (SSSR count). The Morgan fingerprint density at radius 1 is 1.21 bits per heavy atom. The van der Waals surface area contributed by atoms with E-state index in [1.165, 1.54) is 16.9 Å². The standard InChI is InChI=1S/C30H30N2O5S/c1-7-15-37-23-14-9-20(16-24(23)35-6)17-25-28(33)32-27(22-12-10-21(11-13-22)18(3)4)26(29(34)36-8-2)19(5)31-30(32)38-25/h1,9-14,16-18,27H,8,15H2,2-6H3/t27-/m0/s1. The van der Waals surface area contributed by atoms with Gasteiger partial charge in [-0.05, 0) is 54.7 Å². The highest BCUT2D eigenvalue weighted by atomic mass is 32.1. The number of carbonyl (C=O) groups excluding carboxylic acids is 1. The Morgan fingerprint density at radius 3 is 2.58 bits per heavy atom. The molecular weight excluding hydrogens is 500 g/mol. The highest BCUT2D eigenvalue weighted by Crippen LogP contribution is 2.32. The molecule has 3 aromatic rings. The lowest BCUT2D eigenvalue weighted by Gasteiger charge is -2.25. The van der Waals surface area contributed by atoms with Crippen LogP contribution in [0, 0.1) is 12.3 Å². The fraction of sp³-hybridized carbons (Fsp3) is 0.300. The summed E-state index contributed by atoms with van der Waals surface area (Å²) in [4.78, 5) is 32.0. The van der Waals surface area contributed by atoms with Crippen molar-refractivity contribution in [1.29, 1.82) is 0 Å². The maximum Gasteiger partial charge on any atom is 0.338 e. The highest BCUT2D eigenvalue weighted by Gasteiger charge is 2.33.